The fraction of sp³-hybridized carbons (Fsp3) is 0.278. The molecular formula is C18H20O4. The van der Waals surface area contributed by atoms with Crippen LogP contribution in [0.2, 0.25) is 0 Å². The van der Waals surface area contributed by atoms with Crippen molar-refractivity contribution in [1.82, 2.24) is 0 Å². The molecule has 0 radical (unpaired) electrons. The van der Waals surface area contributed by atoms with Gasteiger partial charge in [0.25, 0.3) is 0 Å². The van der Waals surface area contributed by atoms with Gasteiger partial charge in [-0.05, 0) is 41.2 Å². The van der Waals surface area contributed by atoms with E-state index in [2.05, 4.69) is 0 Å². The van der Waals surface area contributed by atoms with Gasteiger partial charge in [0.1, 0.15) is 0 Å². The lowest BCUT2D eigenvalue weighted by Gasteiger charge is -2.14. The Bertz CT molecular complexity index is 645. The molecule has 0 spiro atoms. The maximum Gasteiger partial charge on any atom is 0.303 e. The van der Waals surface area contributed by atoms with Gasteiger partial charge in [-0.1, -0.05) is 42.5 Å². The summed E-state index contributed by atoms with van der Waals surface area (Å²) in [5.41, 5.74) is 4.28. The predicted molar refractivity (Wildman–Crippen MR) is 84.4 cm³/mol. The second-order valence-corrected chi connectivity index (χ2v) is 5.30. The SMILES string of the molecule is C[C@@H](O)c1ccc(-c2c(CO)cccc2CCC(=O)O)cc1. The molecule has 0 saturated heterocycles. The number of aliphatic hydroxyl groups is 2. The van der Waals surface area contributed by atoms with Gasteiger partial charge in [0.15, 0.2) is 0 Å². The number of aliphatic carboxylic acids is 1. The van der Waals surface area contributed by atoms with Gasteiger partial charge in [-0.3, -0.25) is 4.79 Å². The van der Waals surface area contributed by atoms with Crippen LogP contribution in [0.25, 0.3) is 11.1 Å². The smallest absolute Gasteiger partial charge is 0.303 e. The monoisotopic (exact) mass is 300 g/mol. The molecule has 116 valence electrons. The van der Waals surface area contributed by atoms with Crippen LogP contribution in [0.1, 0.15) is 36.1 Å². The Kier molecular flexibility index (Phi) is 5.31. The Morgan fingerprint density at radius 1 is 1.09 bits per heavy atom. The predicted octanol–water partition coefficient (Wildman–Crippen LogP) is 2.92. The molecule has 0 fully saturated rings. The summed E-state index contributed by atoms with van der Waals surface area (Å²) in [5.74, 6) is -0.843. The molecule has 0 aliphatic rings. The first kappa shape index (κ1) is 16.2. The van der Waals surface area contributed by atoms with Gasteiger partial charge in [0.05, 0.1) is 12.7 Å². The molecule has 0 bridgehead atoms. The van der Waals surface area contributed by atoms with Crippen LogP contribution >= 0.6 is 0 Å². The Labute approximate surface area is 129 Å². The molecule has 2 aromatic rings. The van der Waals surface area contributed by atoms with Crippen molar-refractivity contribution < 1.29 is 20.1 Å². The number of carbonyl (C=O) groups is 1. The average molecular weight is 300 g/mol. The summed E-state index contributed by atoms with van der Waals surface area (Å²) in [5, 5.41) is 28.0. The molecule has 0 aromatic heterocycles. The third-order valence-corrected chi connectivity index (χ3v) is 3.70. The minimum Gasteiger partial charge on any atom is -0.481 e. The van der Waals surface area contributed by atoms with Gasteiger partial charge >= 0.3 is 5.97 Å². The topological polar surface area (TPSA) is 77.8 Å². The van der Waals surface area contributed by atoms with Crippen molar-refractivity contribution in [1.29, 1.82) is 0 Å². The van der Waals surface area contributed by atoms with Crippen LogP contribution in [0.4, 0.5) is 0 Å². The lowest BCUT2D eigenvalue weighted by atomic mass is 9.91. The van der Waals surface area contributed by atoms with E-state index in [1.54, 1.807) is 6.92 Å². The van der Waals surface area contributed by atoms with Crippen LogP contribution in [-0.4, -0.2) is 21.3 Å². The van der Waals surface area contributed by atoms with E-state index < -0.39 is 12.1 Å². The molecule has 0 saturated carbocycles. The molecule has 1 atom stereocenters. The lowest BCUT2D eigenvalue weighted by molar-refractivity contribution is -0.136. The van der Waals surface area contributed by atoms with Crippen molar-refractivity contribution in [2.75, 3.05) is 0 Å². The maximum absolute atomic E-state index is 10.8. The molecule has 3 N–H and O–H groups in total. The number of hydrogen-bond acceptors (Lipinski definition) is 3. The van der Waals surface area contributed by atoms with Crippen molar-refractivity contribution in [2.24, 2.45) is 0 Å². The van der Waals surface area contributed by atoms with Crippen LogP contribution in [-0.2, 0) is 17.8 Å². The molecule has 4 nitrogen and oxygen atoms in total. The Hall–Kier alpha value is -2.17. The first-order valence-corrected chi connectivity index (χ1v) is 7.24. The number of rotatable bonds is 6. The van der Waals surface area contributed by atoms with Gasteiger partial charge in [-0.15, -0.1) is 0 Å². The zero-order valence-electron chi connectivity index (χ0n) is 12.5. The number of benzene rings is 2. The number of carboxylic acids is 1. The van der Waals surface area contributed by atoms with E-state index in [4.69, 9.17) is 5.11 Å². The normalized spacial score (nSPS) is 12.1. The standard InChI is InChI=1S/C18H20O4/c1-12(20)13-5-7-15(8-6-13)18-14(9-10-17(21)22)3-2-4-16(18)11-19/h2-8,12,19-20H,9-11H2,1H3,(H,21,22)/t12-/m1/s1. The summed E-state index contributed by atoms with van der Waals surface area (Å²) in [4.78, 5) is 10.8. The number of aliphatic hydroxyl groups excluding tert-OH is 2. The third-order valence-electron chi connectivity index (χ3n) is 3.70. The molecule has 0 amide bonds. The lowest BCUT2D eigenvalue weighted by Crippen LogP contribution is -2.01. The van der Waals surface area contributed by atoms with Crippen LogP contribution in [0, 0.1) is 0 Å². The Balaban J connectivity index is 2.44. The van der Waals surface area contributed by atoms with E-state index in [9.17, 15) is 15.0 Å². The average Bonchev–Trinajstić information content (AvgIpc) is 2.52. The van der Waals surface area contributed by atoms with Crippen molar-refractivity contribution >= 4 is 5.97 Å². The van der Waals surface area contributed by atoms with E-state index in [1.165, 1.54) is 0 Å². The van der Waals surface area contributed by atoms with E-state index in [0.717, 1.165) is 27.8 Å². The molecule has 2 aromatic carbocycles. The molecule has 0 aliphatic carbocycles. The van der Waals surface area contributed by atoms with Gasteiger partial charge in [-0.25, -0.2) is 0 Å². The first-order valence-electron chi connectivity index (χ1n) is 7.24. The number of aryl methyl sites for hydroxylation is 1. The second-order valence-electron chi connectivity index (χ2n) is 5.30. The van der Waals surface area contributed by atoms with E-state index >= 15 is 0 Å². The van der Waals surface area contributed by atoms with Crippen LogP contribution in [0.3, 0.4) is 0 Å². The second kappa shape index (κ2) is 7.20. The summed E-state index contributed by atoms with van der Waals surface area (Å²) < 4.78 is 0. The highest BCUT2D eigenvalue weighted by molar-refractivity contribution is 5.73. The van der Waals surface area contributed by atoms with E-state index in [-0.39, 0.29) is 13.0 Å². The van der Waals surface area contributed by atoms with E-state index in [1.807, 2.05) is 42.5 Å². The molecule has 0 heterocycles. The highest BCUT2D eigenvalue weighted by Crippen LogP contribution is 2.30. The zero-order valence-corrected chi connectivity index (χ0v) is 12.5. The largest absolute Gasteiger partial charge is 0.481 e. The Morgan fingerprint density at radius 2 is 1.73 bits per heavy atom. The summed E-state index contributed by atoms with van der Waals surface area (Å²) in [7, 11) is 0. The van der Waals surface area contributed by atoms with Crippen LogP contribution < -0.4 is 0 Å². The number of hydrogen-bond donors (Lipinski definition) is 3. The Morgan fingerprint density at radius 3 is 2.27 bits per heavy atom. The fourth-order valence-corrected chi connectivity index (χ4v) is 2.53. The summed E-state index contributed by atoms with van der Waals surface area (Å²) in [6, 6.07) is 13.0. The molecule has 0 unspecified atom stereocenters. The number of carboxylic acid groups (broad SMARTS) is 1. The fourth-order valence-electron chi connectivity index (χ4n) is 2.53. The van der Waals surface area contributed by atoms with Gasteiger partial charge in [-0.2, -0.15) is 0 Å². The quantitative estimate of drug-likeness (QED) is 0.766. The molecule has 2 rings (SSSR count). The minimum atomic E-state index is -0.843. The van der Waals surface area contributed by atoms with Crippen molar-refractivity contribution in [3.05, 3.63) is 59.2 Å². The van der Waals surface area contributed by atoms with Gasteiger partial charge < -0.3 is 15.3 Å². The summed E-state index contributed by atoms with van der Waals surface area (Å²) in [6.45, 7) is 1.60. The van der Waals surface area contributed by atoms with Crippen LogP contribution in [0.15, 0.2) is 42.5 Å². The van der Waals surface area contributed by atoms with Gasteiger partial charge in [0, 0.05) is 6.42 Å². The highest BCUT2D eigenvalue weighted by Gasteiger charge is 2.12. The molecule has 0 aliphatic heterocycles. The van der Waals surface area contributed by atoms with Gasteiger partial charge in [0.2, 0.25) is 0 Å². The minimum absolute atomic E-state index is 0.0492. The summed E-state index contributed by atoms with van der Waals surface area (Å²) in [6.07, 6.45) is -0.0711. The maximum atomic E-state index is 10.8. The molecular weight excluding hydrogens is 280 g/mol. The molecule has 22 heavy (non-hydrogen) atoms. The third kappa shape index (κ3) is 3.72. The molecule has 4 heteroatoms. The van der Waals surface area contributed by atoms with Crippen molar-refractivity contribution in [2.45, 2.75) is 32.5 Å². The van der Waals surface area contributed by atoms with Crippen molar-refractivity contribution in [3.63, 3.8) is 0 Å². The first-order chi connectivity index (χ1) is 10.5. The van der Waals surface area contributed by atoms with E-state index in [0.29, 0.717) is 6.42 Å². The van der Waals surface area contributed by atoms with Crippen LogP contribution in [0.5, 0.6) is 0 Å². The summed E-state index contributed by atoms with van der Waals surface area (Å²) >= 11 is 0. The highest BCUT2D eigenvalue weighted by atomic mass is 16.4. The van der Waals surface area contributed by atoms with Crippen molar-refractivity contribution in [3.8, 4) is 11.1 Å². The zero-order chi connectivity index (χ0) is 16.1.